The van der Waals surface area contributed by atoms with Crippen LogP contribution in [0.15, 0.2) is 47.5 Å². The fraction of sp³-hybridized carbons (Fsp3) is 0.391. The minimum atomic E-state index is -0.863. The van der Waals surface area contributed by atoms with Gasteiger partial charge in [-0.2, -0.15) is 0 Å². The van der Waals surface area contributed by atoms with Gasteiger partial charge in [0.25, 0.3) is 5.91 Å². The number of hydrogen-bond acceptors (Lipinski definition) is 5. The van der Waals surface area contributed by atoms with E-state index in [4.69, 9.17) is 0 Å². The lowest BCUT2D eigenvalue weighted by molar-refractivity contribution is -0.135. The Balaban J connectivity index is 1.54. The van der Waals surface area contributed by atoms with Crippen molar-refractivity contribution in [2.75, 3.05) is 29.9 Å². The summed E-state index contributed by atoms with van der Waals surface area (Å²) in [6, 6.07) is 11.0. The second-order valence-electron chi connectivity index (χ2n) is 7.90. The van der Waals surface area contributed by atoms with E-state index in [9.17, 15) is 14.4 Å². The molecule has 7 nitrogen and oxygen atoms in total. The minimum Gasteiger partial charge on any atom is -0.341 e. The van der Waals surface area contributed by atoms with Crippen molar-refractivity contribution in [2.24, 2.45) is 0 Å². The highest BCUT2D eigenvalue weighted by atomic mass is 32.2. The summed E-state index contributed by atoms with van der Waals surface area (Å²) >= 11 is 1.28. The number of benzene rings is 1. The predicted molar refractivity (Wildman–Crippen MR) is 121 cm³/mol. The molecular formula is C23H26N4O3S. The molecule has 1 aromatic heterocycles. The predicted octanol–water partition coefficient (Wildman–Crippen LogP) is 3.24. The van der Waals surface area contributed by atoms with Gasteiger partial charge in [-0.15, -0.1) is 11.8 Å². The van der Waals surface area contributed by atoms with E-state index >= 15 is 0 Å². The van der Waals surface area contributed by atoms with E-state index in [2.05, 4.69) is 10.3 Å². The van der Waals surface area contributed by atoms with Crippen LogP contribution in [0.2, 0.25) is 0 Å². The van der Waals surface area contributed by atoms with Crippen molar-refractivity contribution in [1.82, 2.24) is 9.88 Å². The van der Waals surface area contributed by atoms with Crippen LogP contribution in [-0.4, -0.2) is 52.5 Å². The summed E-state index contributed by atoms with van der Waals surface area (Å²) < 4.78 is 0. The highest BCUT2D eigenvalue weighted by molar-refractivity contribution is 8.01. The first kappa shape index (κ1) is 21.4. The van der Waals surface area contributed by atoms with E-state index in [0.717, 1.165) is 36.1 Å². The number of carbonyl (C=O) groups excluding carboxylic acids is 3. The first-order chi connectivity index (χ1) is 15.0. The Bertz CT molecular complexity index is 971. The molecule has 0 saturated carbocycles. The van der Waals surface area contributed by atoms with Gasteiger partial charge in [-0.1, -0.05) is 31.0 Å². The molecule has 2 aromatic rings. The maximum Gasteiger partial charge on any atom is 0.250 e. The number of aryl methyl sites for hydroxylation is 1. The second kappa shape index (κ2) is 9.51. The summed E-state index contributed by atoms with van der Waals surface area (Å²) in [4.78, 5) is 47.5. The van der Waals surface area contributed by atoms with Crippen molar-refractivity contribution in [3.05, 3.63) is 48.2 Å². The third kappa shape index (κ3) is 4.90. The van der Waals surface area contributed by atoms with Crippen LogP contribution in [-0.2, 0) is 14.4 Å². The Morgan fingerprint density at radius 3 is 2.55 bits per heavy atom. The largest absolute Gasteiger partial charge is 0.341 e. The Labute approximate surface area is 186 Å². The standard InChI is InChI=1S/C23H26N4O3S/c1-16-10-11-19(24-14-16)25-20(28)15-27-17-8-4-5-9-18(17)31-21(23(27)30)22(29)26-12-6-2-3-7-13-26/h4-5,8-11,14,21H,2-3,6-7,12-13,15H2,1H3,(H,24,25,28)/t21-/m1/s1. The van der Waals surface area contributed by atoms with Gasteiger partial charge in [-0.3, -0.25) is 14.4 Å². The van der Waals surface area contributed by atoms with E-state index in [1.165, 1.54) is 16.7 Å². The molecule has 162 valence electrons. The molecule has 3 amide bonds. The van der Waals surface area contributed by atoms with Crippen LogP contribution < -0.4 is 10.2 Å². The van der Waals surface area contributed by atoms with E-state index in [-0.39, 0.29) is 24.3 Å². The van der Waals surface area contributed by atoms with Crippen LogP contribution in [0, 0.1) is 6.92 Å². The molecule has 1 N–H and O–H groups in total. The van der Waals surface area contributed by atoms with Gasteiger partial charge in [0.05, 0.1) is 5.69 Å². The zero-order chi connectivity index (χ0) is 21.8. The Kier molecular flexibility index (Phi) is 6.56. The highest BCUT2D eigenvalue weighted by Gasteiger charge is 2.40. The number of likely N-dealkylation sites (tertiary alicyclic amines) is 1. The first-order valence-electron chi connectivity index (χ1n) is 10.6. The lowest BCUT2D eigenvalue weighted by atomic mass is 10.2. The first-order valence-corrected chi connectivity index (χ1v) is 11.5. The fourth-order valence-corrected chi connectivity index (χ4v) is 5.05. The molecule has 0 aliphatic carbocycles. The van der Waals surface area contributed by atoms with E-state index in [1.807, 2.05) is 42.2 Å². The molecule has 0 radical (unpaired) electrons. The summed E-state index contributed by atoms with van der Waals surface area (Å²) in [5, 5.41) is 1.87. The molecular weight excluding hydrogens is 412 g/mol. The Hall–Kier alpha value is -2.87. The average Bonchev–Trinajstić information content (AvgIpc) is 3.06. The number of rotatable bonds is 4. The molecule has 4 rings (SSSR count). The molecule has 0 bridgehead atoms. The number of thioether (sulfide) groups is 1. The number of amides is 3. The van der Waals surface area contributed by atoms with E-state index in [0.29, 0.717) is 24.6 Å². The molecule has 31 heavy (non-hydrogen) atoms. The zero-order valence-corrected chi connectivity index (χ0v) is 18.4. The van der Waals surface area contributed by atoms with Gasteiger partial charge in [-0.25, -0.2) is 4.98 Å². The van der Waals surface area contributed by atoms with E-state index < -0.39 is 5.25 Å². The smallest absolute Gasteiger partial charge is 0.250 e. The SMILES string of the molecule is Cc1ccc(NC(=O)CN2C(=O)[C@@H](C(=O)N3CCCCCC3)Sc3ccccc32)nc1. The Morgan fingerprint density at radius 2 is 1.84 bits per heavy atom. The van der Waals surface area contributed by atoms with Gasteiger partial charge in [0, 0.05) is 24.2 Å². The summed E-state index contributed by atoms with van der Waals surface area (Å²) in [7, 11) is 0. The number of pyridine rings is 1. The number of hydrogen-bond donors (Lipinski definition) is 1. The maximum absolute atomic E-state index is 13.4. The van der Waals surface area contributed by atoms with Crippen LogP contribution in [0.4, 0.5) is 11.5 Å². The quantitative estimate of drug-likeness (QED) is 0.741. The number of fused-ring (bicyclic) bond motifs is 1. The Morgan fingerprint density at radius 1 is 1.10 bits per heavy atom. The van der Waals surface area contributed by atoms with Crippen molar-refractivity contribution in [3.8, 4) is 0 Å². The molecule has 3 heterocycles. The lowest BCUT2D eigenvalue weighted by Crippen LogP contribution is -2.51. The van der Waals surface area contributed by atoms with Crippen LogP contribution in [0.3, 0.4) is 0 Å². The minimum absolute atomic E-state index is 0.156. The molecule has 1 saturated heterocycles. The normalized spacial score (nSPS) is 18.9. The van der Waals surface area contributed by atoms with Crippen molar-refractivity contribution in [2.45, 2.75) is 42.8 Å². The summed E-state index contributed by atoms with van der Waals surface area (Å²) in [6.07, 6.45) is 5.81. The summed E-state index contributed by atoms with van der Waals surface area (Å²) in [6.45, 7) is 3.12. The molecule has 2 aliphatic rings. The fourth-order valence-electron chi connectivity index (χ4n) is 3.86. The van der Waals surface area contributed by atoms with Crippen LogP contribution in [0.25, 0.3) is 0 Å². The molecule has 1 atom stereocenters. The van der Waals surface area contributed by atoms with Crippen molar-refractivity contribution >= 4 is 41.0 Å². The van der Waals surface area contributed by atoms with Crippen molar-refractivity contribution < 1.29 is 14.4 Å². The lowest BCUT2D eigenvalue weighted by Gasteiger charge is -2.34. The molecule has 2 aliphatic heterocycles. The van der Waals surface area contributed by atoms with E-state index in [1.54, 1.807) is 12.3 Å². The van der Waals surface area contributed by atoms with Crippen molar-refractivity contribution in [3.63, 3.8) is 0 Å². The molecule has 8 heteroatoms. The monoisotopic (exact) mass is 438 g/mol. The topological polar surface area (TPSA) is 82.6 Å². The third-order valence-corrected chi connectivity index (χ3v) is 6.75. The summed E-state index contributed by atoms with van der Waals surface area (Å²) in [5.41, 5.74) is 1.65. The zero-order valence-electron chi connectivity index (χ0n) is 17.5. The van der Waals surface area contributed by atoms with Gasteiger partial charge in [0.2, 0.25) is 11.8 Å². The molecule has 1 fully saturated rings. The number of nitrogens with zero attached hydrogens (tertiary/aromatic N) is 3. The van der Waals surface area contributed by atoms with Gasteiger partial charge in [-0.05, 0) is 43.5 Å². The van der Waals surface area contributed by atoms with Gasteiger partial charge < -0.3 is 15.1 Å². The molecule has 1 aromatic carbocycles. The highest BCUT2D eigenvalue weighted by Crippen LogP contribution is 2.39. The summed E-state index contributed by atoms with van der Waals surface area (Å²) in [5.74, 6) is -0.422. The number of aromatic nitrogens is 1. The number of carbonyl (C=O) groups is 3. The van der Waals surface area contributed by atoms with Crippen LogP contribution >= 0.6 is 11.8 Å². The average molecular weight is 439 g/mol. The third-order valence-electron chi connectivity index (χ3n) is 5.51. The number of para-hydroxylation sites is 1. The maximum atomic E-state index is 13.4. The molecule has 0 unspecified atom stereocenters. The van der Waals surface area contributed by atoms with Gasteiger partial charge in [0.1, 0.15) is 12.4 Å². The second-order valence-corrected chi connectivity index (χ2v) is 9.05. The number of anilines is 2. The number of nitrogens with one attached hydrogen (secondary N) is 1. The van der Waals surface area contributed by atoms with Gasteiger partial charge >= 0.3 is 0 Å². The van der Waals surface area contributed by atoms with Crippen LogP contribution in [0.5, 0.6) is 0 Å². The van der Waals surface area contributed by atoms with Crippen LogP contribution in [0.1, 0.15) is 31.2 Å². The van der Waals surface area contributed by atoms with Gasteiger partial charge in [0.15, 0.2) is 5.25 Å². The molecule has 0 spiro atoms. The van der Waals surface area contributed by atoms with Crippen molar-refractivity contribution in [1.29, 1.82) is 0 Å².